The molecule has 0 aliphatic carbocycles. The predicted octanol–water partition coefficient (Wildman–Crippen LogP) is 2.76. The van der Waals surface area contributed by atoms with Crippen LogP contribution in [0.2, 0.25) is 0 Å². The Hall–Kier alpha value is -3.41. The summed E-state index contributed by atoms with van der Waals surface area (Å²) in [6.07, 6.45) is 3.36. The molecule has 0 spiro atoms. The van der Waals surface area contributed by atoms with E-state index >= 15 is 0 Å². The molecule has 1 heterocycles. The molecular formula is C19H19N5O. The molecule has 0 fully saturated rings. The summed E-state index contributed by atoms with van der Waals surface area (Å²) < 4.78 is 0. The molecule has 0 saturated heterocycles. The standard InChI is InChI=1S/C19H19N5O/c20-18(24-19(25)23-12-14-5-4-10-21-11-14)22-13-16-8-3-7-15-6-1-2-9-17(15)16/h1-11H,12-13H2,(H4,20,22,23,24,25). The van der Waals surface area contributed by atoms with Crippen molar-refractivity contribution >= 4 is 22.8 Å². The van der Waals surface area contributed by atoms with Gasteiger partial charge in [-0.05, 0) is 28.0 Å². The molecule has 0 bridgehead atoms. The van der Waals surface area contributed by atoms with Crippen LogP contribution >= 0.6 is 0 Å². The number of amides is 2. The minimum atomic E-state index is -0.431. The van der Waals surface area contributed by atoms with Crippen LogP contribution in [-0.4, -0.2) is 17.0 Å². The number of pyridine rings is 1. The maximum Gasteiger partial charge on any atom is 0.321 e. The van der Waals surface area contributed by atoms with Crippen LogP contribution in [0, 0.1) is 5.41 Å². The molecule has 126 valence electrons. The number of nitrogens with one attached hydrogen (secondary N) is 4. The zero-order chi connectivity index (χ0) is 17.5. The smallest absolute Gasteiger partial charge is 0.321 e. The highest BCUT2D eigenvalue weighted by molar-refractivity contribution is 5.94. The summed E-state index contributed by atoms with van der Waals surface area (Å²) in [6.45, 7) is 0.819. The normalized spacial score (nSPS) is 10.2. The number of urea groups is 1. The van der Waals surface area contributed by atoms with E-state index in [4.69, 9.17) is 5.41 Å². The van der Waals surface area contributed by atoms with Gasteiger partial charge in [-0.25, -0.2) is 4.79 Å². The lowest BCUT2D eigenvalue weighted by atomic mass is 10.0. The highest BCUT2D eigenvalue weighted by Gasteiger charge is 2.05. The maximum absolute atomic E-state index is 11.8. The van der Waals surface area contributed by atoms with Gasteiger partial charge in [-0.15, -0.1) is 0 Å². The zero-order valence-corrected chi connectivity index (χ0v) is 13.6. The molecule has 6 heteroatoms. The van der Waals surface area contributed by atoms with E-state index in [-0.39, 0.29) is 5.96 Å². The molecule has 0 saturated carbocycles. The predicted molar refractivity (Wildman–Crippen MR) is 98.1 cm³/mol. The molecule has 2 amide bonds. The van der Waals surface area contributed by atoms with Crippen molar-refractivity contribution < 1.29 is 4.79 Å². The third kappa shape index (κ3) is 4.54. The van der Waals surface area contributed by atoms with E-state index in [0.717, 1.165) is 21.9 Å². The number of benzene rings is 2. The summed E-state index contributed by atoms with van der Waals surface area (Å²) >= 11 is 0. The van der Waals surface area contributed by atoms with Crippen LogP contribution in [0.15, 0.2) is 67.0 Å². The lowest BCUT2D eigenvalue weighted by Gasteiger charge is -2.12. The summed E-state index contributed by atoms with van der Waals surface area (Å²) in [5, 5.41) is 18.2. The van der Waals surface area contributed by atoms with Crippen molar-refractivity contribution in [1.29, 1.82) is 5.41 Å². The molecule has 0 radical (unpaired) electrons. The highest BCUT2D eigenvalue weighted by atomic mass is 16.2. The van der Waals surface area contributed by atoms with Gasteiger partial charge in [0, 0.05) is 25.5 Å². The van der Waals surface area contributed by atoms with Gasteiger partial charge in [-0.3, -0.25) is 15.7 Å². The van der Waals surface area contributed by atoms with Crippen LogP contribution in [0.4, 0.5) is 4.79 Å². The number of nitrogens with zero attached hydrogens (tertiary/aromatic N) is 1. The van der Waals surface area contributed by atoms with Crippen molar-refractivity contribution in [2.24, 2.45) is 0 Å². The number of carbonyl (C=O) groups is 1. The Bertz CT molecular complexity index is 874. The summed E-state index contributed by atoms with van der Waals surface area (Å²) in [4.78, 5) is 15.8. The van der Waals surface area contributed by atoms with Crippen LogP contribution in [0.5, 0.6) is 0 Å². The fourth-order valence-electron chi connectivity index (χ4n) is 2.52. The molecule has 25 heavy (non-hydrogen) atoms. The molecule has 2 aromatic carbocycles. The maximum atomic E-state index is 11.8. The SMILES string of the molecule is N=C(NCc1cccc2ccccc12)NC(=O)NCc1cccnc1. The third-order valence-corrected chi connectivity index (χ3v) is 3.75. The first-order chi connectivity index (χ1) is 12.2. The van der Waals surface area contributed by atoms with E-state index in [1.165, 1.54) is 0 Å². The van der Waals surface area contributed by atoms with Gasteiger partial charge in [0.25, 0.3) is 0 Å². The van der Waals surface area contributed by atoms with E-state index in [0.29, 0.717) is 13.1 Å². The quantitative estimate of drug-likeness (QED) is 0.437. The molecule has 0 aliphatic rings. The van der Waals surface area contributed by atoms with Crippen LogP contribution < -0.4 is 16.0 Å². The minimum absolute atomic E-state index is 0.0448. The first-order valence-corrected chi connectivity index (χ1v) is 7.95. The molecule has 1 aromatic heterocycles. The van der Waals surface area contributed by atoms with Gasteiger partial charge in [0.2, 0.25) is 0 Å². The van der Waals surface area contributed by atoms with Gasteiger partial charge >= 0.3 is 6.03 Å². The van der Waals surface area contributed by atoms with E-state index in [2.05, 4.69) is 20.9 Å². The molecule has 4 N–H and O–H groups in total. The second-order valence-corrected chi connectivity index (χ2v) is 5.54. The monoisotopic (exact) mass is 333 g/mol. The molecule has 3 rings (SSSR count). The summed E-state index contributed by atoms with van der Waals surface area (Å²) in [5.74, 6) is -0.0448. The zero-order valence-electron chi connectivity index (χ0n) is 13.6. The van der Waals surface area contributed by atoms with E-state index in [1.807, 2.05) is 54.6 Å². The first-order valence-electron chi connectivity index (χ1n) is 7.95. The van der Waals surface area contributed by atoms with Gasteiger partial charge in [-0.1, -0.05) is 48.5 Å². The summed E-state index contributed by atoms with van der Waals surface area (Å²) in [7, 11) is 0. The molecular weight excluding hydrogens is 314 g/mol. The largest absolute Gasteiger partial charge is 0.352 e. The van der Waals surface area contributed by atoms with Gasteiger partial charge in [0.1, 0.15) is 0 Å². The van der Waals surface area contributed by atoms with Gasteiger partial charge in [0.15, 0.2) is 5.96 Å². The third-order valence-electron chi connectivity index (χ3n) is 3.75. The second kappa shape index (κ2) is 7.92. The number of carbonyl (C=O) groups excluding carboxylic acids is 1. The summed E-state index contributed by atoms with van der Waals surface area (Å²) in [6, 6.07) is 17.4. The van der Waals surface area contributed by atoms with Crippen molar-refractivity contribution in [2.75, 3.05) is 0 Å². The van der Waals surface area contributed by atoms with E-state index in [1.54, 1.807) is 12.4 Å². The fourth-order valence-corrected chi connectivity index (χ4v) is 2.52. The topological polar surface area (TPSA) is 89.9 Å². The van der Waals surface area contributed by atoms with Crippen molar-refractivity contribution in [1.82, 2.24) is 20.9 Å². The van der Waals surface area contributed by atoms with E-state index < -0.39 is 6.03 Å². The van der Waals surface area contributed by atoms with Crippen LogP contribution in [0.25, 0.3) is 10.8 Å². The molecule has 0 atom stereocenters. The molecule has 0 aliphatic heterocycles. The van der Waals surface area contributed by atoms with Crippen LogP contribution in [-0.2, 0) is 13.1 Å². The Morgan fingerprint density at radius 2 is 1.80 bits per heavy atom. The second-order valence-electron chi connectivity index (χ2n) is 5.54. The number of hydrogen-bond donors (Lipinski definition) is 4. The first kappa shape index (κ1) is 16.4. The van der Waals surface area contributed by atoms with Gasteiger partial charge in [0.05, 0.1) is 0 Å². The molecule has 0 unspecified atom stereocenters. The van der Waals surface area contributed by atoms with Crippen molar-refractivity contribution in [2.45, 2.75) is 13.1 Å². The Morgan fingerprint density at radius 3 is 2.64 bits per heavy atom. The van der Waals surface area contributed by atoms with Gasteiger partial charge in [-0.2, -0.15) is 0 Å². The number of hydrogen-bond acceptors (Lipinski definition) is 3. The molecule has 3 aromatic rings. The lowest BCUT2D eigenvalue weighted by Crippen LogP contribution is -2.44. The van der Waals surface area contributed by atoms with Gasteiger partial charge < -0.3 is 10.6 Å². The Kier molecular flexibility index (Phi) is 5.21. The van der Waals surface area contributed by atoms with Crippen LogP contribution in [0.3, 0.4) is 0 Å². The lowest BCUT2D eigenvalue weighted by molar-refractivity contribution is 0.244. The minimum Gasteiger partial charge on any atom is -0.352 e. The Morgan fingerprint density at radius 1 is 0.960 bits per heavy atom. The average Bonchev–Trinajstić information content (AvgIpc) is 2.65. The van der Waals surface area contributed by atoms with Crippen molar-refractivity contribution in [3.05, 3.63) is 78.1 Å². The number of rotatable bonds is 4. The summed E-state index contributed by atoms with van der Waals surface area (Å²) in [5.41, 5.74) is 1.97. The average molecular weight is 333 g/mol. The number of aromatic nitrogens is 1. The fraction of sp³-hybridized carbons (Fsp3) is 0.105. The number of fused-ring (bicyclic) bond motifs is 1. The van der Waals surface area contributed by atoms with E-state index in [9.17, 15) is 4.79 Å². The number of guanidine groups is 1. The van der Waals surface area contributed by atoms with Crippen LogP contribution in [0.1, 0.15) is 11.1 Å². The molecule has 6 nitrogen and oxygen atoms in total. The van der Waals surface area contributed by atoms with Crippen molar-refractivity contribution in [3.63, 3.8) is 0 Å². The van der Waals surface area contributed by atoms with Crippen molar-refractivity contribution in [3.8, 4) is 0 Å². The highest BCUT2D eigenvalue weighted by Crippen LogP contribution is 2.18. The Balaban J connectivity index is 1.50. The Labute approximate surface area is 145 Å².